The summed E-state index contributed by atoms with van der Waals surface area (Å²) < 4.78 is 40.8. The van der Waals surface area contributed by atoms with E-state index in [2.05, 4.69) is 4.98 Å². The van der Waals surface area contributed by atoms with Gasteiger partial charge in [-0.15, -0.1) is 11.6 Å². The molecule has 0 bridgehead atoms. The highest BCUT2D eigenvalue weighted by Gasteiger charge is 2.34. The van der Waals surface area contributed by atoms with Gasteiger partial charge in [0.15, 0.2) is 0 Å². The summed E-state index contributed by atoms with van der Waals surface area (Å²) in [6.45, 7) is 3.49. The molecular weight excluding hydrogens is 277 g/mol. The molecule has 0 radical (unpaired) electrons. The van der Waals surface area contributed by atoms with E-state index >= 15 is 0 Å². The first-order valence-corrected chi connectivity index (χ1v) is 6.15. The summed E-state index contributed by atoms with van der Waals surface area (Å²) in [6.07, 6.45) is -3.03. The second-order valence-electron chi connectivity index (χ2n) is 4.27. The first kappa shape index (κ1) is 13.9. The number of rotatable bonds is 2. The predicted octanol–water partition coefficient (Wildman–Crippen LogP) is 4.25. The molecule has 1 heterocycles. The summed E-state index contributed by atoms with van der Waals surface area (Å²) in [4.78, 5) is 4.03. The van der Waals surface area contributed by atoms with Crippen molar-refractivity contribution in [2.45, 2.75) is 25.9 Å². The lowest BCUT2D eigenvalue weighted by atomic mass is 10.1. The van der Waals surface area contributed by atoms with Crippen LogP contribution >= 0.6 is 11.6 Å². The van der Waals surface area contributed by atoms with Crippen molar-refractivity contribution in [1.29, 1.82) is 0 Å². The van der Waals surface area contributed by atoms with E-state index in [4.69, 9.17) is 11.6 Å². The summed E-state index contributed by atoms with van der Waals surface area (Å²) in [5, 5.41) is 0. The monoisotopic (exact) mass is 288 g/mol. The molecule has 0 aliphatic carbocycles. The minimum absolute atomic E-state index is 0.0469. The molecule has 19 heavy (non-hydrogen) atoms. The number of alkyl halides is 4. The predicted molar refractivity (Wildman–Crippen MR) is 67.6 cm³/mol. The maximum Gasteiger partial charge on any atom is 0.418 e. The molecule has 0 atom stereocenters. The van der Waals surface area contributed by atoms with Gasteiger partial charge in [-0.1, -0.05) is 6.07 Å². The molecule has 2 aromatic rings. The molecule has 0 saturated carbocycles. The molecule has 0 fully saturated rings. The van der Waals surface area contributed by atoms with E-state index in [-0.39, 0.29) is 11.6 Å². The number of benzene rings is 1. The summed E-state index contributed by atoms with van der Waals surface area (Å²) in [5.74, 6) is 0.0469. The van der Waals surface area contributed by atoms with Crippen LogP contribution in [0.3, 0.4) is 0 Å². The molecule has 102 valence electrons. The van der Waals surface area contributed by atoms with Gasteiger partial charge in [0.05, 0.1) is 23.3 Å². The number of hydrogen-bond donors (Lipinski definition) is 0. The topological polar surface area (TPSA) is 17.8 Å². The Morgan fingerprint density at radius 1 is 1.26 bits per heavy atom. The zero-order chi connectivity index (χ0) is 14.2. The van der Waals surface area contributed by atoms with E-state index < -0.39 is 11.7 Å². The maximum atomic E-state index is 13.1. The van der Waals surface area contributed by atoms with Crippen LogP contribution in [-0.2, 0) is 12.1 Å². The lowest BCUT2D eigenvalue weighted by Gasteiger charge is -2.15. The number of hydrogen-bond acceptors (Lipinski definition) is 1. The molecule has 6 heteroatoms. The normalized spacial score (nSPS) is 11.9. The highest BCUT2D eigenvalue weighted by molar-refractivity contribution is 6.17. The van der Waals surface area contributed by atoms with Crippen LogP contribution in [0.5, 0.6) is 0 Å². The second kappa shape index (κ2) is 4.89. The van der Waals surface area contributed by atoms with Crippen molar-refractivity contribution in [3.63, 3.8) is 0 Å². The molecule has 1 aromatic carbocycles. The largest absolute Gasteiger partial charge is 0.418 e. The van der Waals surface area contributed by atoms with Gasteiger partial charge in [0.2, 0.25) is 0 Å². The standard InChI is InChI=1S/C13H12ClF3N2/c1-8-9(2)19(7-18-8)12-4-3-10(6-14)5-11(12)13(15,16)17/h3-5,7H,6H2,1-2H3. The first-order chi connectivity index (χ1) is 8.84. The molecule has 0 amide bonds. The van der Waals surface area contributed by atoms with Crippen molar-refractivity contribution in [3.05, 3.63) is 47.0 Å². The number of aromatic nitrogens is 2. The maximum absolute atomic E-state index is 13.1. The fourth-order valence-electron chi connectivity index (χ4n) is 1.84. The molecule has 0 saturated heterocycles. The van der Waals surface area contributed by atoms with Gasteiger partial charge in [-0.2, -0.15) is 13.2 Å². The molecule has 1 aromatic heterocycles. The van der Waals surface area contributed by atoms with Gasteiger partial charge < -0.3 is 4.57 Å². The number of nitrogens with zero attached hydrogens (tertiary/aromatic N) is 2. The van der Waals surface area contributed by atoms with Gasteiger partial charge in [0.1, 0.15) is 0 Å². The van der Waals surface area contributed by atoms with E-state index in [1.807, 2.05) is 0 Å². The minimum Gasteiger partial charge on any atom is -0.303 e. The number of halogens is 4. The smallest absolute Gasteiger partial charge is 0.303 e. The minimum atomic E-state index is -4.43. The van der Waals surface area contributed by atoms with Gasteiger partial charge in [-0.3, -0.25) is 0 Å². The summed E-state index contributed by atoms with van der Waals surface area (Å²) >= 11 is 5.60. The van der Waals surface area contributed by atoms with E-state index in [0.717, 1.165) is 6.07 Å². The molecule has 2 rings (SSSR count). The molecule has 0 aliphatic rings. The first-order valence-electron chi connectivity index (χ1n) is 5.61. The van der Waals surface area contributed by atoms with Crippen molar-refractivity contribution < 1.29 is 13.2 Å². The van der Waals surface area contributed by atoms with Crippen molar-refractivity contribution >= 4 is 11.6 Å². The molecule has 2 nitrogen and oxygen atoms in total. The quantitative estimate of drug-likeness (QED) is 0.756. The Hall–Kier alpha value is -1.49. The lowest BCUT2D eigenvalue weighted by molar-refractivity contribution is -0.137. The third-order valence-electron chi connectivity index (χ3n) is 3.03. The summed E-state index contributed by atoms with van der Waals surface area (Å²) in [5.41, 5.74) is 1.19. The zero-order valence-electron chi connectivity index (χ0n) is 10.4. The molecule has 0 unspecified atom stereocenters. The molecular formula is C13H12ClF3N2. The van der Waals surface area contributed by atoms with Gasteiger partial charge in [-0.25, -0.2) is 4.98 Å². The number of aryl methyl sites for hydroxylation is 1. The average Bonchev–Trinajstić information content (AvgIpc) is 2.68. The van der Waals surface area contributed by atoms with Crippen LogP contribution in [0, 0.1) is 13.8 Å². The molecule has 0 spiro atoms. The average molecular weight is 289 g/mol. The fraction of sp³-hybridized carbons (Fsp3) is 0.308. The molecule has 0 aliphatic heterocycles. The van der Waals surface area contributed by atoms with Crippen molar-refractivity contribution in [3.8, 4) is 5.69 Å². The van der Waals surface area contributed by atoms with E-state index in [9.17, 15) is 13.2 Å². The third-order valence-corrected chi connectivity index (χ3v) is 3.34. The molecule has 0 N–H and O–H groups in total. The van der Waals surface area contributed by atoms with Crippen LogP contribution in [0.25, 0.3) is 5.69 Å². The van der Waals surface area contributed by atoms with Crippen molar-refractivity contribution in [2.75, 3.05) is 0 Å². The van der Waals surface area contributed by atoms with Crippen LogP contribution in [-0.4, -0.2) is 9.55 Å². The Morgan fingerprint density at radius 3 is 2.42 bits per heavy atom. The fourth-order valence-corrected chi connectivity index (χ4v) is 2.01. The Kier molecular flexibility index (Phi) is 3.58. The van der Waals surface area contributed by atoms with Crippen LogP contribution < -0.4 is 0 Å². The van der Waals surface area contributed by atoms with E-state index in [1.165, 1.54) is 17.0 Å². The SMILES string of the molecule is Cc1ncn(-c2ccc(CCl)cc2C(F)(F)F)c1C. The second-order valence-corrected chi connectivity index (χ2v) is 4.54. The Morgan fingerprint density at radius 2 is 1.95 bits per heavy atom. The van der Waals surface area contributed by atoms with E-state index in [1.54, 1.807) is 19.9 Å². The van der Waals surface area contributed by atoms with Gasteiger partial charge in [0.25, 0.3) is 0 Å². The van der Waals surface area contributed by atoms with Crippen molar-refractivity contribution in [2.24, 2.45) is 0 Å². The van der Waals surface area contributed by atoms with Gasteiger partial charge in [-0.05, 0) is 31.5 Å². The van der Waals surface area contributed by atoms with Crippen LogP contribution in [0.15, 0.2) is 24.5 Å². The van der Waals surface area contributed by atoms with E-state index in [0.29, 0.717) is 17.0 Å². The number of imidazole rings is 1. The van der Waals surface area contributed by atoms with Gasteiger partial charge in [0, 0.05) is 11.6 Å². The summed E-state index contributed by atoms with van der Waals surface area (Å²) in [7, 11) is 0. The van der Waals surface area contributed by atoms with Gasteiger partial charge >= 0.3 is 6.18 Å². The third kappa shape index (κ3) is 2.61. The highest BCUT2D eigenvalue weighted by atomic mass is 35.5. The van der Waals surface area contributed by atoms with Crippen LogP contribution in [0.4, 0.5) is 13.2 Å². The Labute approximate surface area is 113 Å². The Balaban J connectivity index is 2.66. The Bertz CT molecular complexity index is 602. The lowest BCUT2D eigenvalue weighted by Crippen LogP contribution is -2.11. The highest BCUT2D eigenvalue weighted by Crippen LogP contribution is 2.35. The van der Waals surface area contributed by atoms with Crippen molar-refractivity contribution in [1.82, 2.24) is 9.55 Å². The van der Waals surface area contributed by atoms with Crippen LogP contribution in [0.1, 0.15) is 22.5 Å². The van der Waals surface area contributed by atoms with Crippen LogP contribution in [0.2, 0.25) is 0 Å². The summed E-state index contributed by atoms with van der Waals surface area (Å²) in [6, 6.07) is 4.10. The zero-order valence-corrected chi connectivity index (χ0v) is 11.2.